The molecule has 1 N–H and O–H groups in total. The van der Waals surface area contributed by atoms with Crippen LogP contribution in [0.25, 0.3) is 0 Å². The summed E-state index contributed by atoms with van der Waals surface area (Å²) in [6, 6.07) is 13.9. The average molecular weight is 338 g/mol. The first kappa shape index (κ1) is 17.5. The van der Waals surface area contributed by atoms with E-state index in [4.69, 9.17) is 4.74 Å². The van der Waals surface area contributed by atoms with Gasteiger partial charge in [0.05, 0.1) is 7.11 Å². The standard InChI is InChI=1S/C21H26N2O2/c1-3-23-11-9-17-7-8-19(14-18(17)10-12-23)21(24)22-15-16-5-4-6-20(13-16)25-2/h4-8,13-14H,3,9-12,15H2,1-2H3,(H,22,24). The lowest BCUT2D eigenvalue weighted by Crippen LogP contribution is -2.25. The number of nitrogens with one attached hydrogen (secondary N) is 1. The minimum atomic E-state index is -0.0257. The number of carbonyl (C=O) groups is 1. The maximum Gasteiger partial charge on any atom is 0.251 e. The van der Waals surface area contributed by atoms with Gasteiger partial charge in [-0.25, -0.2) is 0 Å². The van der Waals surface area contributed by atoms with Gasteiger partial charge in [0, 0.05) is 25.2 Å². The molecule has 132 valence electrons. The molecular weight excluding hydrogens is 312 g/mol. The molecule has 1 amide bonds. The largest absolute Gasteiger partial charge is 0.497 e. The topological polar surface area (TPSA) is 41.6 Å². The van der Waals surface area contributed by atoms with Gasteiger partial charge >= 0.3 is 0 Å². The van der Waals surface area contributed by atoms with Crippen molar-refractivity contribution in [3.8, 4) is 5.75 Å². The summed E-state index contributed by atoms with van der Waals surface area (Å²) in [4.78, 5) is 15.0. The highest BCUT2D eigenvalue weighted by Gasteiger charge is 2.15. The maximum atomic E-state index is 12.5. The van der Waals surface area contributed by atoms with Gasteiger partial charge in [0.2, 0.25) is 0 Å². The summed E-state index contributed by atoms with van der Waals surface area (Å²) < 4.78 is 5.22. The Morgan fingerprint density at radius 2 is 1.92 bits per heavy atom. The zero-order valence-corrected chi connectivity index (χ0v) is 15.0. The Hall–Kier alpha value is -2.33. The molecule has 2 aromatic rings. The fourth-order valence-electron chi connectivity index (χ4n) is 3.30. The minimum absolute atomic E-state index is 0.0257. The molecule has 3 rings (SSSR count). The number of carbonyl (C=O) groups excluding carboxylic acids is 1. The van der Waals surface area contributed by atoms with Gasteiger partial charge in [-0.05, 0) is 60.3 Å². The van der Waals surface area contributed by atoms with Crippen LogP contribution >= 0.6 is 0 Å². The van der Waals surface area contributed by atoms with E-state index in [0.29, 0.717) is 6.54 Å². The van der Waals surface area contributed by atoms with Gasteiger partial charge in [-0.15, -0.1) is 0 Å². The third kappa shape index (κ3) is 4.40. The Bertz CT molecular complexity index is 742. The third-order valence-corrected chi connectivity index (χ3v) is 4.90. The molecule has 1 aliphatic rings. The van der Waals surface area contributed by atoms with E-state index in [-0.39, 0.29) is 5.91 Å². The van der Waals surface area contributed by atoms with Crippen LogP contribution in [0, 0.1) is 0 Å². The SMILES string of the molecule is CCN1CCc2ccc(C(=O)NCc3cccc(OC)c3)cc2CC1. The molecule has 25 heavy (non-hydrogen) atoms. The van der Waals surface area contributed by atoms with Crippen molar-refractivity contribution in [1.82, 2.24) is 10.2 Å². The molecule has 0 aromatic heterocycles. The Morgan fingerprint density at radius 3 is 2.68 bits per heavy atom. The summed E-state index contributed by atoms with van der Waals surface area (Å²) in [5.74, 6) is 0.777. The monoisotopic (exact) mass is 338 g/mol. The van der Waals surface area contributed by atoms with E-state index in [1.165, 1.54) is 11.1 Å². The van der Waals surface area contributed by atoms with E-state index < -0.39 is 0 Å². The fraction of sp³-hybridized carbons (Fsp3) is 0.381. The highest BCUT2D eigenvalue weighted by Crippen LogP contribution is 2.18. The predicted molar refractivity (Wildman–Crippen MR) is 100 cm³/mol. The van der Waals surface area contributed by atoms with E-state index in [0.717, 1.165) is 49.4 Å². The summed E-state index contributed by atoms with van der Waals surface area (Å²) in [5.41, 5.74) is 4.46. The molecule has 0 radical (unpaired) electrons. The molecule has 1 aliphatic heterocycles. The first-order valence-corrected chi connectivity index (χ1v) is 8.95. The van der Waals surface area contributed by atoms with Crippen LogP contribution in [0.5, 0.6) is 5.75 Å². The van der Waals surface area contributed by atoms with E-state index in [9.17, 15) is 4.79 Å². The van der Waals surface area contributed by atoms with Crippen LogP contribution < -0.4 is 10.1 Å². The van der Waals surface area contributed by atoms with E-state index >= 15 is 0 Å². The van der Waals surface area contributed by atoms with Crippen LogP contribution in [0.3, 0.4) is 0 Å². The van der Waals surface area contributed by atoms with Gasteiger partial charge in [-0.2, -0.15) is 0 Å². The lowest BCUT2D eigenvalue weighted by Gasteiger charge is -2.16. The normalized spacial score (nSPS) is 14.5. The Morgan fingerprint density at radius 1 is 1.12 bits per heavy atom. The van der Waals surface area contributed by atoms with Gasteiger partial charge in [0.25, 0.3) is 5.91 Å². The van der Waals surface area contributed by atoms with Gasteiger partial charge in [0.1, 0.15) is 5.75 Å². The quantitative estimate of drug-likeness (QED) is 0.911. The zero-order valence-electron chi connectivity index (χ0n) is 15.0. The average Bonchev–Trinajstić information content (AvgIpc) is 2.87. The van der Waals surface area contributed by atoms with Crippen LogP contribution in [-0.2, 0) is 19.4 Å². The summed E-state index contributed by atoms with van der Waals surface area (Å²) in [5, 5.41) is 3.00. The Balaban J connectivity index is 1.66. The zero-order chi connectivity index (χ0) is 17.6. The molecule has 0 saturated carbocycles. The predicted octanol–water partition coefficient (Wildman–Crippen LogP) is 3.05. The summed E-state index contributed by atoms with van der Waals surface area (Å²) in [7, 11) is 1.65. The van der Waals surface area contributed by atoms with Crippen molar-refractivity contribution in [2.45, 2.75) is 26.3 Å². The molecule has 0 bridgehead atoms. The van der Waals surface area contributed by atoms with E-state index in [2.05, 4.69) is 29.3 Å². The number of ether oxygens (including phenoxy) is 1. The second-order valence-electron chi connectivity index (χ2n) is 6.45. The minimum Gasteiger partial charge on any atom is -0.497 e. The molecule has 0 fully saturated rings. The summed E-state index contributed by atoms with van der Waals surface area (Å²) in [6.45, 7) is 5.95. The van der Waals surface area contributed by atoms with Gasteiger partial charge in [-0.1, -0.05) is 25.1 Å². The molecule has 4 nitrogen and oxygen atoms in total. The van der Waals surface area contributed by atoms with Crippen molar-refractivity contribution in [2.24, 2.45) is 0 Å². The molecule has 0 aliphatic carbocycles. The van der Waals surface area contributed by atoms with Crippen molar-refractivity contribution in [2.75, 3.05) is 26.7 Å². The van der Waals surface area contributed by atoms with Crippen molar-refractivity contribution in [3.05, 3.63) is 64.7 Å². The van der Waals surface area contributed by atoms with Crippen molar-refractivity contribution in [1.29, 1.82) is 0 Å². The number of amides is 1. The number of hydrogen-bond donors (Lipinski definition) is 1. The Kier molecular flexibility index (Phi) is 5.71. The van der Waals surface area contributed by atoms with E-state index in [1.807, 2.05) is 30.3 Å². The molecule has 0 atom stereocenters. The number of methoxy groups -OCH3 is 1. The fourth-order valence-corrected chi connectivity index (χ4v) is 3.30. The molecule has 1 heterocycles. The second-order valence-corrected chi connectivity index (χ2v) is 6.45. The van der Waals surface area contributed by atoms with Crippen LogP contribution in [-0.4, -0.2) is 37.6 Å². The highest BCUT2D eigenvalue weighted by atomic mass is 16.5. The molecular formula is C21H26N2O2. The summed E-state index contributed by atoms with van der Waals surface area (Å²) in [6.07, 6.45) is 2.08. The second kappa shape index (κ2) is 8.17. The molecule has 0 saturated heterocycles. The first-order valence-electron chi connectivity index (χ1n) is 8.95. The lowest BCUT2D eigenvalue weighted by molar-refractivity contribution is 0.0950. The van der Waals surface area contributed by atoms with Crippen molar-refractivity contribution in [3.63, 3.8) is 0 Å². The number of rotatable bonds is 5. The number of benzene rings is 2. The van der Waals surface area contributed by atoms with Gasteiger partial charge < -0.3 is 15.0 Å². The van der Waals surface area contributed by atoms with Crippen LogP contribution in [0.15, 0.2) is 42.5 Å². The number of likely N-dealkylation sites (N-methyl/N-ethyl adjacent to an activating group) is 1. The lowest BCUT2D eigenvalue weighted by atomic mass is 10.00. The molecule has 4 heteroatoms. The van der Waals surface area contributed by atoms with Gasteiger partial charge in [0.15, 0.2) is 0 Å². The smallest absolute Gasteiger partial charge is 0.251 e. The van der Waals surface area contributed by atoms with Crippen LogP contribution in [0.2, 0.25) is 0 Å². The van der Waals surface area contributed by atoms with E-state index in [1.54, 1.807) is 7.11 Å². The maximum absolute atomic E-state index is 12.5. The van der Waals surface area contributed by atoms with Crippen molar-refractivity contribution >= 4 is 5.91 Å². The molecule has 0 unspecified atom stereocenters. The number of nitrogens with zero attached hydrogens (tertiary/aromatic N) is 1. The number of hydrogen-bond acceptors (Lipinski definition) is 3. The molecule has 0 spiro atoms. The highest BCUT2D eigenvalue weighted by molar-refractivity contribution is 5.94. The van der Waals surface area contributed by atoms with Crippen molar-refractivity contribution < 1.29 is 9.53 Å². The number of fused-ring (bicyclic) bond motifs is 1. The van der Waals surface area contributed by atoms with Crippen LogP contribution in [0.4, 0.5) is 0 Å². The molecule has 2 aromatic carbocycles. The van der Waals surface area contributed by atoms with Crippen LogP contribution in [0.1, 0.15) is 34.0 Å². The Labute approximate surface area is 149 Å². The van der Waals surface area contributed by atoms with Gasteiger partial charge in [-0.3, -0.25) is 4.79 Å². The first-order chi connectivity index (χ1) is 12.2. The summed E-state index contributed by atoms with van der Waals surface area (Å²) >= 11 is 0. The third-order valence-electron chi connectivity index (χ3n) is 4.90.